The van der Waals surface area contributed by atoms with Crippen LogP contribution in [0.2, 0.25) is 0 Å². The van der Waals surface area contributed by atoms with Crippen LogP contribution < -0.4 is 10.6 Å². The average molecular weight is 325 g/mol. The van der Waals surface area contributed by atoms with E-state index in [1.165, 1.54) is 11.1 Å². The molecule has 1 heterocycles. The van der Waals surface area contributed by atoms with Gasteiger partial charge in [0.2, 0.25) is 0 Å². The van der Waals surface area contributed by atoms with Crippen molar-refractivity contribution in [3.05, 3.63) is 71.8 Å². The van der Waals surface area contributed by atoms with Gasteiger partial charge in [0.05, 0.1) is 0 Å². The third-order valence-corrected chi connectivity index (χ3v) is 3.79. The second-order valence-electron chi connectivity index (χ2n) is 5.06. The summed E-state index contributed by atoms with van der Waals surface area (Å²) in [6.45, 7) is 3.13. The Kier molecular flexibility index (Phi) is 7.76. The molecule has 0 unspecified atom stereocenters. The highest BCUT2D eigenvalue weighted by Crippen LogP contribution is 2.28. The zero-order valence-electron chi connectivity index (χ0n) is 11.9. The largest absolute Gasteiger partial charge is 0.314 e. The lowest BCUT2D eigenvalue weighted by Crippen LogP contribution is -2.51. The van der Waals surface area contributed by atoms with Crippen LogP contribution in [-0.4, -0.2) is 25.7 Å². The van der Waals surface area contributed by atoms with Crippen LogP contribution in [-0.2, 0) is 0 Å². The highest BCUT2D eigenvalue weighted by molar-refractivity contribution is 5.85. The van der Waals surface area contributed by atoms with Gasteiger partial charge in [0.25, 0.3) is 0 Å². The molecule has 3 rings (SSSR count). The van der Waals surface area contributed by atoms with Gasteiger partial charge >= 0.3 is 0 Å². The minimum atomic E-state index is 0. The van der Waals surface area contributed by atoms with Crippen molar-refractivity contribution in [1.82, 2.24) is 10.6 Å². The molecule has 1 fully saturated rings. The van der Waals surface area contributed by atoms with Crippen molar-refractivity contribution in [2.24, 2.45) is 0 Å². The van der Waals surface area contributed by atoms with E-state index in [1.807, 2.05) is 0 Å². The maximum Gasteiger partial charge on any atom is 0.0302 e. The van der Waals surface area contributed by atoms with E-state index in [4.69, 9.17) is 0 Å². The summed E-state index contributed by atoms with van der Waals surface area (Å²) in [6.07, 6.45) is 0. The standard InChI is InChI=1S/C17H20N2.2ClH/c1-3-7-14(8-4-1)17(15-9-5-2-6-10-15)16-13-18-11-12-19-16;;/h1-10,16-19H,11-13H2;2*1H/t16-;;/m0../s1. The summed E-state index contributed by atoms with van der Waals surface area (Å²) in [6, 6.07) is 22.0. The number of nitrogens with one attached hydrogen (secondary N) is 2. The third kappa shape index (κ3) is 4.45. The molecule has 2 nitrogen and oxygen atoms in total. The fourth-order valence-electron chi connectivity index (χ4n) is 2.89. The molecule has 1 aliphatic rings. The minimum absolute atomic E-state index is 0. The molecule has 0 saturated carbocycles. The Morgan fingerprint density at radius 2 is 1.29 bits per heavy atom. The second kappa shape index (κ2) is 9.06. The van der Waals surface area contributed by atoms with Crippen molar-refractivity contribution < 1.29 is 0 Å². The van der Waals surface area contributed by atoms with Crippen molar-refractivity contribution >= 4 is 24.8 Å². The van der Waals surface area contributed by atoms with Gasteiger partial charge in [-0.3, -0.25) is 0 Å². The normalized spacial score (nSPS) is 17.7. The first-order valence-corrected chi connectivity index (χ1v) is 6.99. The van der Waals surface area contributed by atoms with E-state index < -0.39 is 0 Å². The SMILES string of the molecule is Cl.Cl.c1ccc(C(c2ccccc2)[C@@H]2CNCCN2)cc1. The van der Waals surface area contributed by atoms with Gasteiger partial charge in [-0.2, -0.15) is 0 Å². The van der Waals surface area contributed by atoms with E-state index in [1.54, 1.807) is 0 Å². The predicted octanol–water partition coefficient (Wildman–Crippen LogP) is 3.22. The Morgan fingerprint density at radius 1 is 0.762 bits per heavy atom. The number of hydrogen-bond donors (Lipinski definition) is 2. The van der Waals surface area contributed by atoms with Crippen LogP contribution in [0.3, 0.4) is 0 Å². The van der Waals surface area contributed by atoms with E-state index >= 15 is 0 Å². The summed E-state index contributed by atoms with van der Waals surface area (Å²) >= 11 is 0. The molecule has 2 N–H and O–H groups in total. The molecule has 1 atom stereocenters. The quantitative estimate of drug-likeness (QED) is 0.905. The Balaban J connectivity index is 0.00000110. The Bertz CT molecular complexity index is 459. The van der Waals surface area contributed by atoms with Crippen molar-refractivity contribution in [3.63, 3.8) is 0 Å². The fraction of sp³-hybridized carbons (Fsp3) is 0.294. The number of halogens is 2. The summed E-state index contributed by atoms with van der Waals surface area (Å²) in [5.74, 6) is 0.412. The van der Waals surface area contributed by atoms with Gasteiger partial charge in [-0.1, -0.05) is 60.7 Å². The van der Waals surface area contributed by atoms with Gasteiger partial charge in [-0.15, -0.1) is 24.8 Å². The van der Waals surface area contributed by atoms with E-state index in [0.717, 1.165) is 19.6 Å². The molecule has 0 bridgehead atoms. The molecule has 114 valence electrons. The molecule has 1 saturated heterocycles. The summed E-state index contributed by atoms with van der Waals surface area (Å²) in [5, 5.41) is 7.15. The molecule has 0 aliphatic carbocycles. The number of rotatable bonds is 3. The smallest absolute Gasteiger partial charge is 0.0302 e. The summed E-state index contributed by atoms with van der Waals surface area (Å²) in [5.41, 5.74) is 2.77. The number of hydrogen-bond acceptors (Lipinski definition) is 2. The van der Waals surface area contributed by atoms with Gasteiger partial charge in [0, 0.05) is 31.6 Å². The van der Waals surface area contributed by atoms with Gasteiger partial charge in [0.15, 0.2) is 0 Å². The maximum atomic E-state index is 3.65. The van der Waals surface area contributed by atoms with Gasteiger partial charge < -0.3 is 10.6 Å². The van der Waals surface area contributed by atoms with Crippen LogP contribution in [0.4, 0.5) is 0 Å². The first-order chi connectivity index (χ1) is 9.45. The van der Waals surface area contributed by atoms with Crippen molar-refractivity contribution in [1.29, 1.82) is 0 Å². The first kappa shape index (κ1) is 18.0. The molecular formula is C17H22Cl2N2. The molecule has 4 heteroatoms. The van der Waals surface area contributed by atoms with Crippen LogP contribution >= 0.6 is 24.8 Å². The number of benzene rings is 2. The Labute approximate surface area is 139 Å². The molecule has 2 aromatic rings. The molecule has 0 amide bonds. The molecule has 1 aliphatic heterocycles. The lowest BCUT2D eigenvalue weighted by molar-refractivity contribution is 0.389. The molecular weight excluding hydrogens is 303 g/mol. The van der Waals surface area contributed by atoms with Crippen molar-refractivity contribution in [3.8, 4) is 0 Å². The van der Waals surface area contributed by atoms with E-state index in [0.29, 0.717) is 12.0 Å². The van der Waals surface area contributed by atoms with Crippen molar-refractivity contribution in [2.75, 3.05) is 19.6 Å². The Morgan fingerprint density at radius 3 is 1.71 bits per heavy atom. The monoisotopic (exact) mass is 324 g/mol. The fourth-order valence-corrected chi connectivity index (χ4v) is 2.89. The lowest BCUT2D eigenvalue weighted by Gasteiger charge is -2.32. The van der Waals surface area contributed by atoms with Crippen LogP contribution in [0.1, 0.15) is 17.0 Å². The zero-order chi connectivity index (χ0) is 12.9. The molecule has 21 heavy (non-hydrogen) atoms. The highest BCUT2D eigenvalue weighted by atomic mass is 35.5. The van der Waals surface area contributed by atoms with E-state index in [2.05, 4.69) is 71.3 Å². The maximum absolute atomic E-state index is 3.65. The molecule has 2 aromatic carbocycles. The van der Waals surface area contributed by atoms with E-state index in [-0.39, 0.29) is 24.8 Å². The van der Waals surface area contributed by atoms with Gasteiger partial charge in [0.1, 0.15) is 0 Å². The molecule has 0 radical (unpaired) electrons. The van der Waals surface area contributed by atoms with Gasteiger partial charge in [-0.05, 0) is 11.1 Å². The average Bonchev–Trinajstić information content (AvgIpc) is 2.51. The summed E-state index contributed by atoms with van der Waals surface area (Å²) in [4.78, 5) is 0. The van der Waals surface area contributed by atoms with Crippen LogP contribution in [0.25, 0.3) is 0 Å². The first-order valence-electron chi connectivity index (χ1n) is 6.99. The zero-order valence-corrected chi connectivity index (χ0v) is 13.5. The summed E-state index contributed by atoms with van der Waals surface area (Å²) in [7, 11) is 0. The van der Waals surface area contributed by atoms with Crippen molar-refractivity contribution in [2.45, 2.75) is 12.0 Å². The lowest BCUT2D eigenvalue weighted by atomic mass is 9.84. The topological polar surface area (TPSA) is 24.1 Å². The third-order valence-electron chi connectivity index (χ3n) is 3.79. The molecule has 0 aromatic heterocycles. The summed E-state index contributed by atoms with van der Waals surface area (Å²) < 4.78 is 0. The Hall–Kier alpha value is -1.06. The second-order valence-corrected chi connectivity index (χ2v) is 5.06. The number of piperazine rings is 1. The van der Waals surface area contributed by atoms with Crippen LogP contribution in [0.5, 0.6) is 0 Å². The minimum Gasteiger partial charge on any atom is -0.314 e. The van der Waals surface area contributed by atoms with Crippen LogP contribution in [0, 0.1) is 0 Å². The van der Waals surface area contributed by atoms with Crippen LogP contribution in [0.15, 0.2) is 60.7 Å². The highest BCUT2D eigenvalue weighted by Gasteiger charge is 2.25. The van der Waals surface area contributed by atoms with E-state index in [9.17, 15) is 0 Å². The molecule has 0 spiro atoms. The predicted molar refractivity (Wildman–Crippen MR) is 93.9 cm³/mol. The van der Waals surface area contributed by atoms with Gasteiger partial charge in [-0.25, -0.2) is 0 Å².